The van der Waals surface area contributed by atoms with Crippen molar-refractivity contribution in [2.24, 2.45) is 11.8 Å². The second kappa shape index (κ2) is 4.63. The maximum absolute atomic E-state index is 6.10. The molecule has 3 rings (SSSR count). The highest BCUT2D eigenvalue weighted by atomic mass is 16.5. The number of nitrogens with two attached hydrogens (primary N) is 1. The second-order valence-corrected chi connectivity index (χ2v) is 5.41. The lowest BCUT2D eigenvalue weighted by atomic mass is 10.3. The largest absolute Gasteiger partial charge is 0.479 e. The molecule has 0 aliphatic heterocycles. The van der Waals surface area contributed by atoms with Crippen LogP contribution in [0, 0.1) is 11.8 Å². The molecule has 2 aliphatic rings. The van der Waals surface area contributed by atoms with Crippen LogP contribution in [0.4, 0.5) is 11.5 Å². The van der Waals surface area contributed by atoms with Gasteiger partial charge in [-0.2, -0.15) is 4.98 Å². The monoisotopic (exact) mass is 248 g/mol. The van der Waals surface area contributed by atoms with Gasteiger partial charge in [0.25, 0.3) is 0 Å². The number of hydrogen-bond donors (Lipinski definition) is 1. The standard InChI is InChI=1S/C13H20N4O/c1-18-13-11(14)12(15-8-16-13)17(6-9-2-3-9)7-10-4-5-10/h8-10H,2-7,14H2,1H3. The van der Waals surface area contributed by atoms with Gasteiger partial charge in [-0.25, -0.2) is 4.98 Å². The van der Waals surface area contributed by atoms with Crippen LogP contribution in [0.25, 0.3) is 0 Å². The van der Waals surface area contributed by atoms with Crippen molar-refractivity contribution < 1.29 is 4.74 Å². The van der Waals surface area contributed by atoms with Gasteiger partial charge in [0.05, 0.1) is 7.11 Å². The van der Waals surface area contributed by atoms with Crippen molar-refractivity contribution in [3.63, 3.8) is 0 Å². The molecule has 0 saturated heterocycles. The van der Waals surface area contributed by atoms with E-state index in [4.69, 9.17) is 10.5 Å². The van der Waals surface area contributed by atoms with E-state index >= 15 is 0 Å². The number of anilines is 2. The van der Waals surface area contributed by atoms with Crippen molar-refractivity contribution in [3.05, 3.63) is 6.33 Å². The number of ether oxygens (including phenoxy) is 1. The Morgan fingerprint density at radius 1 is 1.22 bits per heavy atom. The molecule has 0 spiro atoms. The minimum absolute atomic E-state index is 0.483. The van der Waals surface area contributed by atoms with E-state index in [2.05, 4.69) is 14.9 Å². The van der Waals surface area contributed by atoms with E-state index in [0.29, 0.717) is 11.6 Å². The van der Waals surface area contributed by atoms with Crippen molar-refractivity contribution in [2.75, 3.05) is 30.8 Å². The fourth-order valence-electron chi connectivity index (χ4n) is 2.26. The highest BCUT2D eigenvalue weighted by Crippen LogP contribution is 2.37. The minimum atomic E-state index is 0.483. The Morgan fingerprint density at radius 3 is 2.33 bits per heavy atom. The van der Waals surface area contributed by atoms with E-state index in [1.165, 1.54) is 32.0 Å². The Balaban J connectivity index is 1.82. The first kappa shape index (κ1) is 11.6. The molecule has 2 N–H and O–H groups in total. The zero-order valence-corrected chi connectivity index (χ0v) is 10.8. The van der Waals surface area contributed by atoms with Gasteiger partial charge in [0.15, 0.2) is 5.82 Å². The molecule has 1 heterocycles. The number of aromatic nitrogens is 2. The molecule has 1 aromatic rings. The third-order valence-corrected chi connectivity index (χ3v) is 3.67. The molecule has 18 heavy (non-hydrogen) atoms. The van der Waals surface area contributed by atoms with Gasteiger partial charge in [0, 0.05) is 13.1 Å². The van der Waals surface area contributed by atoms with Crippen molar-refractivity contribution >= 4 is 11.5 Å². The summed E-state index contributed by atoms with van der Waals surface area (Å²) in [4.78, 5) is 10.7. The van der Waals surface area contributed by atoms with E-state index in [0.717, 1.165) is 30.7 Å². The molecule has 0 aromatic carbocycles. The Kier molecular flexibility index (Phi) is 2.97. The summed E-state index contributed by atoms with van der Waals surface area (Å²) in [5, 5.41) is 0. The number of methoxy groups -OCH3 is 1. The molecule has 0 bridgehead atoms. The maximum atomic E-state index is 6.10. The van der Waals surface area contributed by atoms with Crippen LogP contribution in [-0.4, -0.2) is 30.2 Å². The average Bonchev–Trinajstić information content (AvgIpc) is 3.24. The molecule has 5 heteroatoms. The van der Waals surface area contributed by atoms with Crippen LogP contribution >= 0.6 is 0 Å². The number of nitrogen functional groups attached to an aromatic ring is 1. The molecule has 0 atom stereocenters. The Morgan fingerprint density at radius 2 is 1.83 bits per heavy atom. The van der Waals surface area contributed by atoms with Gasteiger partial charge in [0.1, 0.15) is 12.0 Å². The van der Waals surface area contributed by atoms with Gasteiger partial charge >= 0.3 is 0 Å². The van der Waals surface area contributed by atoms with Crippen LogP contribution in [0.15, 0.2) is 6.33 Å². The summed E-state index contributed by atoms with van der Waals surface area (Å²) < 4.78 is 5.17. The predicted octanol–water partition coefficient (Wildman–Crippen LogP) is 1.69. The van der Waals surface area contributed by atoms with Gasteiger partial charge in [0.2, 0.25) is 5.88 Å². The first-order valence-corrected chi connectivity index (χ1v) is 6.67. The number of hydrogen-bond acceptors (Lipinski definition) is 5. The zero-order chi connectivity index (χ0) is 12.5. The predicted molar refractivity (Wildman–Crippen MR) is 70.7 cm³/mol. The fourth-order valence-corrected chi connectivity index (χ4v) is 2.26. The zero-order valence-electron chi connectivity index (χ0n) is 10.8. The van der Waals surface area contributed by atoms with Gasteiger partial charge in [-0.3, -0.25) is 0 Å². The third-order valence-electron chi connectivity index (χ3n) is 3.67. The Bertz CT molecular complexity index is 415. The van der Waals surface area contributed by atoms with E-state index < -0.39 is 0 Å². The van der Waals surface area contributed by atoms with Gasteiger partial charge in [-0.15, -0.1) is 0 Å². The van der Waals surface area contributed by atoms with Crippen LogP contribution in [-0.2, 0) is 0 Å². The van der Waals surface area contributed by atoms with Crippen molar-refractivity contribution in [2.45, 2.75) is 25.7 Å². The minimum Gasteiger partial charge on any atom is -0.479 e. The lowest BCUT2D eigenvalue weighted by molar-refractivity contribution is 0.399. The summed E-state index contributed by atoms with van der Waals surface area (Å²) >= 11 is 0. The summed E-state index contributed by atoms with van der Waals surface area (Å²) in [5.74, 6) is 2.98. The first-order chi connectivity index (χ1) is 8.78. The number of rotatable bonds is 6. The van der Waals surface area contributed by atoms with Crippen LogP contribution in [0.3, 0.4) is 0 Å². The van der Waals surface area contributed by atoms with Crippen molar-refractivity contribution in [1.82, 2.24) is 9.97 Å². The first-order valence-electron chi connectivity index (χ1n) is 6.67. The molecule has 5 nitrogen and oxygen atoms in total. The summed E-state index contributed by atoms with van der Waals surface area (Å²) in [5.41, 5.74) is 6.67. The second-order valence-electron chi connectivity index (χ2n) is 5.41. The lowest BCUT2D eigenvalue weighted by Crippen LogP contribution is -2.30. The maximum Gasteiger partial charge on any atom is 0.242 e. The molecule has 2 fully saturated rings. The van der Waals surface area contributed by atoms with E-state index in [1.54, 1.807) is 7.11 Å². The quantitative estimate of drug-likeness (QED) is 0.830. The smallest absolute Gasteiger partial charge is 0.242 e. The van der Waals surface area contributed by atoms with Gasteiger partial charge in [-0.1, -0.05) is 0 Å². The normalized spacial score (nSPS) is 18.7. The molecule has 2 saturated carbocycles. The van der Waals surface area contributed by atoms with E-state index in [-0.39, 0.29) is 0 Å². The van der Waals surface area contributed by atoms with Crippen LogP contribution in [0.5, 0.6) is 5.88 Å². The van der Waals surface area contributed by atoms with E-state index in [1.807, 2.05) is 0 Å². The van der Waals surface area contributed by atoms with Crippen molar-refractivity contribution in [3.8, 4) is 5.88 Å². The molecule has 0 amide bonds. The molecule has 2 aliphatic carbocycles. The van der Waals surface area contributed by atoms with Gasteiger partial charge in [-0.05, 0) is 37.5 Å². The summed E-state index contributed by atoms with van der Waals surface area (Å²) in [6.45, 7) is 2.14. The number of nitrogens with zero attached hydrogens (tertiary/aromatic N) is 3. The molecule has 98 valence electrons. The van der Waals surface area contributed by atoms with Crippen LogP contribution in [0.1, 0.15) is 25.7 Å². The highest BCUT2D eigenvalue weighted by molar-refractivity contribution is 5.67. The fraction of sp³-hybridized carbons (Fsp3) is 0.692. The summed E-state index contributed by atoms with van der Waals surface area (Å²) in [6, 6.07) is 0. The molecule has 1 aromatic heterocycles. The lowest BCUT2D eigenvalue weighted by Gasteiger charge is -2.25. The molecular formula is C13H20N4O. The van der Waals surface area contributed by atoms with Crippen LogP contribution in [0.2, 0.25) is 0 Å². The van der Waals surface area contributed by atoms with Crippen molar-refractivity contribution in [1.29, 1.82) is 0 Å². The average molecular weight is 248 g/mol. The molecule has 0 unspecified atom stereocenters. The summed E-state index contributed by atoms with van der Waals surface area (Å²) in [7, 11) is 1.59. The SMILES string of the molecule is COc1ncnc(N(CC2CC2)CC2CC2)c1N. The topological polar surface area (TPSA) is 64.3 Å². The third kappa shape index (κ3) is 2.49. The van der Waals surface area contributed by atoms with Gasteiger partial charge < -0.3 is 15.4 Å². The Labute approximate surface area is 107 Å². The highest BCUT2D eigenvalue weighted by Gasteiger charge is 2.31. The van der Waals surface area contributed by atoms with Crippen LogP contribution < -0.4 is 15.4 Å². The summed E-state index contributed by atoms with van der Waals surface area (Å²) in [6.07, 6.45) is 6.89. The Hall–Kier alpha value is -1.52. The van der Waals surface area contributed by atoms with E-state index in [9.17, 15) is 0 Å². The molecular weight excluding hydrogens is 228 g/mol. The molecule has 0 radical (unpaired) electrons.